The number of nitrogens with zero attached hydrogens (tertiary/aromatic N) is 4. The van der Waals surface area contributed by atoms with Gasteiger partial charge >= 0.3 is 0 Å². The van der Waals surface area contributed by atoms with Gasteiger partial charge in [0.25, 0.3) is 5.91 Å². The normalized spacial score (nSPS) is 21.0. The maximum absolute atomic E-state index is 13.0. The molecule has 0 saturated carbocycles. The molecular formula is C21H27N5O3. The Labute approximate surface area is 169 Å². The first-order valence-corrected chi connectivity index (χ1v) is 10.1. The molecule has 29 heavy (non-hydrogen) atoms. The summed E-state index contributed by atoms with van der Waals surface area (Å²) >= 11 is 0. The van der Waals surface area contributed by atoms with Crippen molar-refractivity contribution in [2.24, 2.45) is 0 Å². The summed E-state index contributed by atoms with van der Waals surface area (Å²) < 4.78 is 1.86. The van der Waals surface area contributed by atoms with Gasteiger partial charge in [0.2, 0.25) is 11.8 Å². The van der Waals surface area contributed by atoms with Crippen molar-refractivity contribution in [3.05, 3.63) is 35.8 Å². The maximum atomic E-state index is 13.0. The number of carbonyl (C=O) groups excluding carboxylic acids is 3. The fourth-order valence-corrected chi connectivity index (χ4v) is 4.84. The number of imidazole rings is 1. The van der Waals surface area contributed by atoms with Crippen molar-refractivity contribution in [1.82, 2.24) is 24.5 Å². The Kier molecular flexibility index (Phi) is 4.80. The quantitative estimate of drug-likeness (QED) is 0.829. The number of amides is 3. The Morgan fingerprint density at radius 1 is 1.21 bits per heavy atom. The number of piperidine rings is 1. The molecule has 1 N–H and O–H groups in total. The lowest BCUT2D eigenvalue weighted by Gasteiger charge is -2.44. The molecule has 0 radical (unpaired) electrons. The Bertz CT molecular complexity index is 974. The van der Waals surface area contributed by atoms with Crippen LogP contribution < -0.4 is 5.32 Å². The maximum Gasteiger partial charge on any atom is 0.274 e. The van der Waals surface area contributed by atoms with Gasteiger partial charge in [0.1, 0.15) is 11.3 Å². The Morgan fingerprint density at radius 2 is 1.93 bits per heavy atom. The molecule has 1 atom stereocenters. The van der Waals surface area contributed by atoms with Crippen LogP contribution in [0.2, 0.25) is 0 Å². The average Bonchev–Trinajstić information content (AvgIpc) is 3.22. The minimum atomic E-state index is -0.286. The van der Waals surface area contributed by atoms with Gasteiger partial charge in [0.05, 0.1) is 0 Å². The smallest absolute Gasteiger partial charge is 0.274 e. The molecule has 2 saturated heterocycles. The second-order valence-electron chi connectivity index (χ2n) is 8.34. The van der Waals surface area contributed by atoms with Crippen molar-refractivity contribution < 1.29 is 14.4 Å². The number of aryl methyl sites for hydroxylation is 1. The van der Waals surface area contributed by atoms with Crippen molar-refractivity contribution in [2.45, 2.75) is 51.6 Å². The molecule has 2 aliphatic rings. The molecule has 2 aliphatic heterocycles. The van der Waals surface area contributed by atoms with E-state index in [9.17, 15) is 14.4 Å². The van der Waals surface area contributed by atoms with Crippen LogP contribution >= 0.6 is 0 Å². The van der Waals surface area contributed by atoms with E-state index in [0.717, 1.165) is 17.6 Å². The third-order valence-electron chi connectivity index (χ3n) is 6.21. The third kappa shape index (κ3) is 3.59. The van der Waals surface area contributed by atoms with E-state index in [1.807, 2.05) is 39.5 Å². The van der Waals surface area contributed by atoms with Crippen LogP contribution in [-0.2, 0) is 9.59 Å². The zero-order chi connectivity index (χ0) is 20.8. The fraction of sp³-hybridized carbons (Fsp3) is 0.524. The molecule has 1 spiro atoms. The van der Waals surface area contributed by atoms with E-state index in [1.54, 1.807) is 13.1 Å². The molecule has 2 aromatic heterocycles. The van der Waals surface area contributed by atoms with Crippen LogP contribution in [0.1, 0.15) is 49.2 Å². The molecule has 0 aromatic carbocycles. The van der Waals surface area contributed by atoms with Gasteiger partial charge in [-0.1, -0.05) is 0 Å². The Balaban J connectivity index is 1.48. The van der Waals surface area contributed by atoms with Gasteiger partial charge < -0.3 is 19.5 Å². The molecule has 0 bridgehead atoms. The Morgan fingerprint density at radius 3 is 2.59 bits per heavy atom. The van der Waals surface area contributed by atoms with Crippen LogP contribution in [0, 0.1) is 6.92 Å². The SMILES string of the molecule is CC(=O)NC1CN(C(C)=O)C2(CCN(C(=O)c3cn4ccc(C)cc4n3)CC2)C1. The first-order valence-electron chi connectivity index (χ1n) is 10.1. The number of pyridine rings is 1. The van der Waals surface area contributed by atoms with Gasteiger partial charge in [-0.15, -0.1) is 0 Å². The summed E-state index contributed by atoms with van der Waals surface area (Å²) in [6, 6.07) is 3.91. The monoisotopic (exact) mass is 397 g/mol. The molecule has 2 aromatic rings. The Hall–Kier alpha value is -2.90. The highest BCUT2D eigenvalue weighted by atomic mass is 16.2. The second kappa shape index (κ2) is 7.17. The molecule has 1 unspecified atom stereocenters. The molecule has 0 aliphatic carbocycles. The summed E-state index contributed by atoms with van der Waals surface area (Å²) in [7, 11) is 0. The predicted octanol–water partition coefficient (Wildman–Crippen LogP) is 1.37. The molecular weight excluding hydrogens is 370 g/mol. The predicted molar refractivity (Wildman–Crippen MR) is 107 cm³/mol. The largest absolute Gasteiger partial charge is 0.352 e. The molecule has 4 rings (SSSR count). The van der Waals surface area contributed by atoms with E-state index in [2.05, 4.69) is 10.3 Å². The highest BCUT2D eigenvalue weighted by Crippen LogP contribution is 2.39. The molecule has 4 heterocycles. The summed E-state index contributed by atoms with van der Waals surface area (Å²) in [5, 5.41) is 2.95. The van der Waals surface area contributed by atoms with Crippen molar-refractivity contribution in [1.29, 1.82) is 0 Å². The number of carbonyl (C=O) groups is 3. The average molecular weight is 397 g/mol. The van der Waals surface area contributed by atoms with E-state index in [0.29, 0.717) is 38.2 Å². The van der Waals surface area contributed by atoms with Crippen LogP contribution in [0.25, 0.3) is 5.65 Å². The topological polar surface area (TPSA) is 87.0 Å². The zero-order valence-electron chi connectivity index (χ0n) is 17.1. The standard InChI is InChI=1S/C21H27N5O3/c1-14-4-7-25-13-18(23-19(25)10-14)20(29)24-8-5-21(6-9-24)11-17(22-15(2)27)12-26(21)16(3)28/h4,7,10,13,17H,5-6,8-9,11-12H2,1-3H3,(H,22,27). The first-order chi connectivity index (χ1) is 13.8. The van der Waals surface area contributed by atoms with E-state index >= 15 is 0 Å². The number of rotatable bonds is 2. The molecule has 2 fully saturated rings. The number of nitrogens with one attached hydrogen (secondary N) is 1. The molecule has 8 heteroatoms. The first kappa shape index (κ1) is 19.4. The number of likely N-dealkylation sites (tertiary alicyclic amines) is 2. The lowest BCUT2D eigenvalue weighted by atomic mass is 9.84. The van der Waals surface area contributed by atoms with Crippen molar-refractivity contribution in [3.8, 4) is 0 Å². The highest BCUT2D eigenvalue weighted by Gasteiger charge is 2.49. The fourth-order valence-electron chi connectivity index (χ4n) is 4.84. The van der Waals surface area contributed by atoms with Crippen LogP contribution in [0.3, 0.4) is 0 Å². The van der Waals surface area contributed by atoms with Crippen LogP contribution in [-0.4, -0.2) is 68.1 Å². The second-order valence-corrected chi connectivity index (χ2v) is 8.34. The van der Waals surface area contributed by atoms with E-state index in [1.165, 1.54) is 6.92 Å². The summed E-state index contributed by atoms with van der Waals surface area (Å²) in [6.45, 7) is 6.75. The van der Waals surface area contributed by atoms with Gasteiger partial charge in [0.15, 0.2) is 0 Å². The van der Waals surface area contributed by atoms with E-state index in [4.69, 9.17) is 0 Å². The molecule has 154 valence electrons. The number of hydrogen-bond acceptors (Lipinski definition) is 4. The summed E-state index contributed by atoms with van der Waals surface area (Å²) in [6.07, 6.45) is 5.83. The van der Waals surface area contributed by atoms with Gasteiger partial charge in [0, 0.05) is 57.5 Å². The van der Waals surface area contributed by atoms with Crippen LogP contribution in [0.15, 0.2) is 24.5 Å². The van der Waals surface area contributed by atoms with Gasteiger partial charge in [-0.3, -0.25) is 14.4 Å². The minimum Gasteiger partial charge on any atom is -0.352 e. The van der Waals surface area contributed by atoms with Gasteiger partial charge in [-0.05, 0) is 43.9 Å². The zero-order valence-corrected chi connectivity index (χ0v) is 17.1. The lowest BCUT2D eigenvalue weighted by molar-refractivity contribution is -0.134. The van der Waals surface area contributed by atoms with Crippen molar-refractivity contribution in [3.63, 3.8) is 0 Å². The molecule has 3 amide bonds. The lowest BCUT2D eigenvalue weighted by Crippen LogP contribution is -2.54. The van der Waals surface area contributed by atoms with E-state index in [-0.39, 0.29) is 29.3 Å². The third-order valence-corrected chi connectivity index (χ3v) is 6.21. The summed E-state index contributed by atoms with van der Waals surface area (Å²) in [5.41, 5.74) is 2.02. The number of aromatic nitrogens is 2. The van der Waals surface area contributed by atoms with Crippen LogP contribution in [0.4, 0.5) is 0 Å². The van der Waals surface area contributed by atoms with E-state index < -0.39 is 0 Å². The minimum absolute atomic E-state index is 0.0216. The van der Waals surface area contributed by atoms with Crippen LogP contribution in [0.5, 0.6) is 0 Å². The van der Waals surface area contributed by atoms with Gasteiger partial charge in [-0.25, -0.2) is 4.98 Å². The molecule has 8 nitrogen and oxygen atoms in total. The van der Waals surface area contributed by atoms with Gasteiger partial charge in [-0.2, -0.15) is 0 Å². The number of hydrogen-bond donors (Lipinski definition) is 1. The number of fused-ring (bicyclic) bond motifs is 1. The summed E-state index contributed by atoms with van der Waals surface area (Å²) in [4.78, 5) is 44.9. The van der Waals surface area contributed by atoms with Crippen molar-refractivity contribution in [2.75, 3.05) is 19.6 Å². The summed E-state index contributed by atoms with van der Waals surface area (Å²) in [5.74, 6) is -0.134. The highest BCUT2D eigenvalue weighted by molar-refractivity contribution is 5.93. The van der Waals surface area contributed by atoms with Crippen molar-refractivity contribution >= 4 is 23.4 Å².